The van der Waals surface area contributed by atoms with E-state index in [9.17, 15) is 18.0 Å². The van der Waals surface area contributed by atoms with Crippen molar-refractivity contribution >= 4 is 22.5 Å². The first-order chi connectivity index (χ1) is 9.85. The van der Waals surface area contributed by atoms with Crippen LogP contribution in [0.5, 0.6) is 0 Å². The summed E-state index contributed by atoms with van der Waals surface area (Å²) >= 11 is 0. The summed E-state index contributed by atoms with van der Waals surface area (Å²) < 4.78 is 35.9. The van der Waals surface area contributed by atoms with E-state index in [0.717, 1.165) is 0 Å². The lowest BCUT2D eigenvalue weighted by molar-refractivity contribution is -0.135. The summed E-state index contributed by atoms with van der Waals surface area (Å²) in [4.78, 5) is 18.5. The molecular formula is C13H15F3N4O. The van der Waals surface area contributed by atoms with Crippen molar-refractivity contribution < 1.29 is 13.2 Å². The molecule has 8 heteroatoms. The number of fused-ring (bicyclic) bond motifs is 1. The summed E-state index contributed by atoms with van der Waals surface area (Å²) in [6, 6.07) is 4.77. The lowest BCUT2D eigenvalue weighted by atomic mass is 10.2. The number of hydrogen-bond donors (Lipinski definition) is 3. The smallest absolute Gasteiger partial charge is 0.389 e. The minimum absolute atomic E-state index is 0.0326. The predicted molar refractivity (Wildman–Crippen MR) is 75.2 cm³/mol. The van der Waals surface area contributed by atoms with Crippen LogP contribution in [-0.2, 0) is 0 Å². The van der Waals surface area contributed by atoms with Gasteiger partial charge in [0.25, 0.3) is 5.56 Å². The highest BCUT2D eigenvalue weighted by Gasteiger charge is 2.25. The molecule has 0 aliphatic rings. The fraction of sp³-hybridized carbons (Fsp3) is 0.385. The van der Waals surface area contributed by atoms with Gasteiger partial charge in [0.1, 0.15) is 0 Å². The van der Waals surface area contributed by atoms with Gasteiger partial charge >= 0.3 is 6.18 Å². The highest BCUT2D eigenvalue weighted by atomic mass is 19.4. The highest BCUT2D eigenvalue weighted by molar-refractivity contribution is 5.81. The molecule has 0 saturated carbocycles. The monoisotopic (exact) mass is 300 g/mol. The Kier molecular flexibility index (Phi) is 4.35. The molecule has 1 aromatic carbocycles. The van der Waals surface area contributed by atoms with Crippen molar-refractivity contribution in [3.63, 3.8) is 0 Å². The van der Waals surface area contributed by atoms with Crippen LogP contribution in [-0.4, -0.2) is 22.7 Å². The van der Waals surface area contributed by atoms with Gasteiger partial charge in [-0.25, -0.2) is 4.98 Å². The zero-order valence-corrected chi connectivity index (χ0v) is 11.1. The third-order valence-corrected chi connectivity index (χ3v) is 2.91. The minimum atomic E-state index is -4.13. The second-order valence-corrected chi connectivity index (χ2v) is 4.69. The Morgan fingerprint density at radius 1 is 1.29 bits per heavy atom. The zero-order valence-electron chi connectivity index (χ0n) is 11.1. The number of halogens is 3. The normalized spacial score (nSPS) is 11.8. The number of aromatic nitrogens is 2. The van der Waals surface area contributed by atoms with Gasteiger partial charge in [-0.2, -0.15) is 13.2 Å². The summed E-state index contributed by atoms with van der Waals surface area (Å²) in [5, 5.41) is 3.19. The van der Waals surface area contributed by atoms with E-state index < -0.39 is 12.6 Å². The maximum Gasteiger partial charge on any atom is 0.389 e. The maximum absolute atomic E-state index is 12.0. The largest absolute Gasteiger partial charge is 0.399 e. The van der Waals surface area contributed by atoms with E-state index in [1.54, 1.807) is 12.1 Å². The summed E-state index contributed by atoms with van der Waals surface area (Å²) in [5.74, 6) is 0.240. The molecule has 0 amide bonds. The van der Waals surface area contributed by atoms with Gasteiger partial charge in [0.2, 0.25) is 5.95 Å². The SMILES string of the molecule is Nc1ccc2nc(NCCCCC(F)(F)F)[nH]c(=O)c2c1. The van der Waals surface area contributed by atoms with Gasteiger partial charge in [0.15, 0.2) is 0 Å². The van der Waals surface area contributed by atoms with E-state index >= 15 is 0 Å². The molecule has 114 valence electrons. The molecule has 0 aliphatic heterocycles. The van der Waals surface area contributed by atoms with Crippen molar-refractivity contribution in [3.8, 4) is 0 Å². The predicted octanol–water partition coefficient (Wildman–Crippen LogP) is 2.65. The van der Waals surface area contributed by atoms with Crippen LogP contribution in [0.15, 0.2) is 23.0 Å². The molecule has 0 spiro atoms. The molecule has 0 aliphatic carbocycles. The second-order valence-electron chi connectivity index (χ2n) is 4.69. The van der Waals surface area contributed by atoms with Crippen LogP contribution >= 0.6 is 0 Å². The van der Waals surface area contributed by atoms with Crippen molar-refractivity contribution in [1.29, 1.82) is 0 Å². The minimum Gasteiger partial charge on any atom is -0.399 e. The van der Waals surface area contributed by atoms with Crippen LogP contribution in [0.3, 0.4) is 0 Å². The lowest BCUT2D eigenvalue weighted by Gasteiger charge is -2.08. The van der Waals surface area contributed by atoms with Gasteiger partial charge in [0, 0.05) is 18.7 Å². The molecule has 0 saturated heterocycles. The Bertz CT molecular complexity index is 681. The number of benzene rings is 1. The molecule has 5 nitrogen and oxygen atoms in total. The maximum atomic E-state index is 12.0. The Morgan fingerprint density at radius 2 is 2.05 bits per heavy atom. The Hall–Kier alpha value is -2.25. The van der Waals surface area contributed by atoms with E-state index in [1.807, 2.05) is 0 Å². The van der Waals surface area contributed by atoms with Gasteiger partial charge < -0.3 is 11.1 Å². The molecule has 0 atom stereocenters. The van der Waals surface area contributed by atoms with Crippen LogP contribution in [0, 0.1) is 0 Å². The molecule has 2 aromatic rings. The Labute approximate surface area is 118 Å². The summed E-state index contributed by atoms with van der Waals surface area (Å²) in [6.07, 6.45) is -4.57. The third-order valence-electron chi connectivity index (χ3n) is 2.91. The van der Waals surface area contributed by atoms with Gasteiger partial charge in [-0.1, -0.05) is 0 Å². The van der Waals surface area contributed by atoms with Crippen molar-refractivity contribution in [2.75, 3.05) is 17.6 Å². The average molecular weight is 300 g/mol. The third kappa shape index (κ3) is 4.37. The molecule has 0 unspecified atom stereocenters. The standard InChI is InChI=1S/C13H15F3N4O/c14-13(15,16)5-1-2-6-18-12-19-10-4-3-8(17)7-9(10)11(21)20-12/h3-4,7H,1-2,5-6,17H2,(H2,18,19,20,21). The van der Waals surface area contributed by atoms with E-state index in [2.05, 4.69) is 15.3 Å². The fourth-order valence-electron chi connectivity index (χ4n) is 1.90. The molecule has 1 aromatic heterocycles. The lowest BCUT2D eigenvalue weighted by Crippen LogP contribution is -2.14. The number of nitrogen functional groups attached to an aromatic ring is 1. The fourth-order valence-corrected chi connectivity index (χ4v) is 1.90. The van der Waals surface area contributed by atoms with Gasteiger partial charge in [-0.15, -0.1) is 0 Å². The first kappa shape index (κ1) is 15.1. The van der Waals surface area contributed by atoms with Crippen molar-refractivity contribution in [2.45, 2.75) is 25.4 Å². The van der Waals surface area contributed by atoms with E-state index in [-0.39, 0.29) is 17.9 Å². The number of hydrogen-bond acceptors (Lipinski definition) is 4. The number of unbranched alkanes of at least 4 members (excludes halogenated alkanes) is 1. The number of nitrogens with zero attached hydrogens (tertiary/aromatic N) is 1. The van der Waals surface area contributed by atoms with E-state index in [1.165, 1.54) is 6.07 Å². The van der Waals surface area contributed by atoms with Crippen LogP contribution in [0.4, 0.5) is 24.8 Å². The van der Waals surface area contributed by atoms with Crippen LogP contribution in [0.2, 0.25) is 0 Å². The summed E-state index contributed by atoms with van der Waals surface area (Å²) in [5.41, 5.74) is 6.19. The van der Waals surface area contributed by atoms with Gasteiger partial charge in [-0.05, 0) is 31.0 Å². The quantitative estimate of drug-likeness (QED) is 0.585. The number of H-pyrrole nitrogens is 1. The van der Waals surface area contributed by atoms with E-state index in [4.69, 9.17) is 5.73 Å². The van der Waals surface area contributed by atoms with Crippen molar-refractivity contribution in [1.82, 2.24) is 9.97 Å². The topological polar surface area (TPSA) is 83.8 Å². The molecular weight excluding hydrogens is 285 g/mol. The zero-order chi connectivity index (χ0) is 15.5. The molecule has 2 rings (SSSR count). The molecule has 0 radical (unpaired) electrons. The molecule has 4 N–H and O–H groups in total. The number of alkyl halides is 3. The van der Waals surface area contributed by atoms with Gasteiger partial charge in [0.05, 0.1) is 10.9 Å². The Morgan fingerprint density at radius 3 is 2.76 bits per heavy atom. The van der Waals surface area contributed by atoms with Crippen LogP contribution in [0.25, 0.3) is 10.9 Å². The first-order valence-corrected chi connectivity index (χ1v) is 6.45. The van der Waals surface area contributed by atoms with Gasteiger partial charge in [-0.3, -0.25) is 9.78 Å². The summed E-state index contributed by atoms with van der Waals surface area (Å²) in [7, 11) is 0. The van der Waals surface area contributed by atoms with Crippen LogP contribution in [0.1, 0.15) is 19.3 Å². The number of aromatic amines is 1. The Balaban J connectivity index is 1.97. The molecule has 1 heterocycles. The van der Waals surface area contributed by atoms with E-state index in [0.29, 0.717) is 29.6 Å². The average Bonchev–Trinajstić information content (AvgIpc) is 2.38. The molecule has 0 fully saturated rings. The second kappa shape index (κ2) is 6.02. The highest BCUT2D eigenvalue weighted by Crippen LogP contribution is 2.22. The first-order valence-electron chi connectivity index (χ1n) is 6.45. The van der Waals surface area contributed by atoms with Crippen molar-refractivity contribution in [2.24, 2.45) is 0 Å². The summed E-state index contributed by atoms with van der Waals surface area (Å²) in [6.45, 7) is 0.305. The molecule has 0 bridgehead atoms. The van der Waals surface area contributed by atoms with Crippen LogP contribution < -0.4 is 16.6 Å². The number of rotatable bonds is 5. The number of nitrogens with two attached hydrogens (primary N) is 1. The number of nitrogens with one attached hydrogen (secondary N) is 2. The molecule has 21 heavy (non-hydrogen) atoms. The van der Waals surface area contributed by atoms with Crippen molar-refractivity contribution in [3.05, 3.63) is 28.6 Å². The number of anilines is 2.